The molecule has 0 aromatic heterocycles. The van der Waals surface area contributed by atoms with Gasteiger partial charge in [0, 0.05) is 44.4 Å². The van der Waals surface area contributed by atoms with Gasteiger partial charge in [0.15, 0.2) is 11.5 Å². The van der Waals surface area contributed by atoms with Crippen molar-refractivity contribution in [1.29, 1.82) is 0 Å². The summed E-state index contributed by atoms with van der Waals surface area (Å²) in [6.45, 7) is 5.28. The van der Waals surface area contributed by atoms with Gasteiger partial charge in [-0.1, -0.05) is 19.9 Å². The first-order chi connectivity index (χ1) is 17.8. The Morgan fingerprint density at radius 1 is 1.11 bits per heavy atom. The molecule has 1 aromatic carbocycles. The number of carbonyl (C=O) groups excluding carboxylic acids is 3. The number of hydrogen-bond acceptors (Lipinski definition) is 8. The highest BCUT2D eigenvalue weighted by Crippen LogP contribution is 2.42. The molecule has 0 aliphatic carbocycles. The third-order valence-corrected chi connectivity index (χ3v) is 7.16. The molecule has 4 rings (SSSR count). The van der Waals surface area contributed by atoms with Gasteiger partial charge in [0.1, 0.15) is 0 Å². The molecule has 0 bridgehead atoms. The predicted octanol–water partition coefficient (Wildman–Crippen LogP) is 2.00. The highest BCUT2D eigenvalue weighted by Gasteiger charge is 2.48. The summed E-state index contributed by atoms with van der Waals surface area (Å²) in [5, 5.41) is 11.7. The number of hydroxylamine groups is 2. The van der Waals surface area contributed by atoms with E-state index in [1.54, 1.807) is 12.1 Å². The Kier molecular flexibility index (Phi) is 8.65. The summed E-state index contributed by atoms with van der Waals surface area (Å²) in [7, 11) is 0. The number of carboxylic acids is 1. The van der Waals surface area contributed by atoms with Crippen molar-refractivity contribution < 1.29 is 38.6 Å². The maximum absolute atomic E-state index is 13.2. The zero-order chi connectivity index (χ0) is 26.5. The normalized spacial score (nSPS) is 23.2. The molecule has 0 spiro atoms. The second-order valence-electron chi connectivity index (χ2n) is 9.64. The van der Waals surface area contributed by atoms with Crippen LogP contribution in [0.1, 0.15) is 57.4 Å². The van der Waals surface area contributed by atoms with Crippen LogP contribution in [-0.4, -0.2) is 89.3 Å². The van der Waals surface area contributed by atoms with Crippen molar-refractivity contribution in [1.82, 2.24) is 14.9 Å². The third kappa shape index (κ3) is 5.88. The van der Waals surface area contributed by atoms with Crippen molar-refractivity contribution in [3.05, 3.63) is 23.8 Å². The molecule has 0 unspecified atom stereocenters. The summed E-state index contributed by atoms with van der Waals surface area (Å²) in [6.07, 6.45) is 2.08. The molecule has 202 valence electrons. The monoisotopic (exact) mass is 517 g/mol. The van der Waals surface area contributed by atoms with Crippen LogP contribution in [0.5, 0.6) is 11.5 Å². The van der Waals surface area contributed by atoms with Crippen molar-refractivity contribution in [3.8, 4) is 11.5 Å². The SMILES string of the molecule is CCCON(CCC)C(=O)CN1C[C@H](c2ccc3c(c2)OCO3)[C@@H](C(=O)O)[C@@H]1CCN1C(=O)CCC1=O. The van der Waals surface area contributed by atoms with Gasteiger partial charge in [-0.2, -0.15) is 0 Å². The number of carboxylic acid groups (broad SMARTS) is 1. The lowest BCUT2D eigenvalue weighted by Gasteiger charge is -2.30. The smallest absolute Gasteiger partial charge is 0.308 e. The zero-order valence-electron chi connectivity index (χ0n) is 21.4. The predicted molar refractivity (Wildman–Crippen MR) is 131 cm³/mol. The number of carbonyl (C=O) groups is 4. The van der Waals surface area contributed by atoms with Crippen LogP contribution in [0.15, 0.2) is 18.2 Å². The molecule has 1 N–H and O–H groups in total. The van der Waals surface area contributed by atoms with E-state index in [2.05, 4.69) is 0 Å². The van der Waals surface area contributed by atoms with E-state index in [4.69, 9.17) is 14.3 Å². The van der Waals surface area contributed by atoms with Crippen molar-refractivity contribution in [2.75, 3.05) is 39.6 Å². The van der Waals surface area contributed by atoms with E-state index in [-0.39, 0.29) is 56.9 Å². The van der Waals surface area contributed by atoms with Gasteiger partial charge in [-0.15, -0.1) is 0 Å². The van der Waals surface area contributed by atoms with Crippen LogP contribution >= 0.6 is 0 Å². The Hall–Kier alpha value is -3.18. The van der Waals surface area contributed by atoms with Gasteiger partial charge in [0.25, 0.3) is 5.91 Å². The zero-order valence-corrected chi connectivity index (χ0v) is 21.4. The number of hydrogen-bond donors (Lipinski definition) is 1. The van der Waals surface area contributed by atoms with Gasteiger partial charge in [-0.05, 0) is 37.0 Å². The van der Waals surface area contributed by atoms with Crippen LogP contribution < -0.4 is 9.47 Å². The van der Waals surface area contributed by atoms with E-state index in [0.29, 0.717) is 31.2 Å². The van der Waals surface area contributed by atoms with E-state index in [1.165, 1.54) is 9.96 Å². The lowest BCUT2D eigenvalue weighted by atomic mass is 9.84. The molecular weight excluding hydrogens is 482 g/mol. The minimum Gasteiger partial charge on any atom is -0.481 e. The van der Waals surface area contributed by atoms with E-state index in [1.807, 2.05) is 24.8 Å². The Morgan fingerprint density at radius 2 is 1.84 bits per heavy atom. The number of aliphatic carboxylic acids is 1. The minimum absolute atomic E-state index is 0.0267. The molecule has 3 heterocycles. The summed E-state index contributed by atoms with van der Waals surface area (Å²) in [5.74, 6) is -1.84. The molecule has 1 aromatic rings. The number of rotatable bonds is 12. The van der Waals surface area contributed by atoms with Crippen molar-refractivity contribution >= 4 is 23.7 Å². The van der Waals surface area contributed by atoms with Crippen molar-refractivity contribution in [2.45, 2.75) is 57.9 Å². The Labute approximate surface area is 216 Å². The van der Waals surface area contributed by atoms with Crippen LogP contribution in [0.4, 0.5) is 0 Å². The highest BCUT2D eigenvalue weighted by molar-refractivity contribution is 6.01. The molecule has 11 nitrogen and oxygen atoms in total. The first kappa shape index (κ1) is 26.9. The molecule has 2 fully saturated rings. The van der Waals surface area contributed by atoms with E-state index in [9.17, 15) is 24.3 Å². The molecule has 3 aliphatic rings. The number of amides is 3. The first-order valence-electron chi connectivity index (χ1n) is 13.0. The van der Waals surface area contributed by atoms with Crippen LogP contribution in [0.25, 0.3) is 0 Å². The van der Waals surface area contributed by atoms with Gasteiger partial charge in [0.05, 0.1) is 19.1 Å². The highest BCUT2D eigenvalue weighted by atomic mass is 16.7. The van der Waals surface area contributed by atoms with Gasteiger partial charge < -0.3 is 14.6 Å². The second-order valence-corrected chi connectivity index (χ2v) is 9.64. The Morgan fingerprint density at radius 3 is 2.51 bits per heavy atom. The van der Waals surface area contributed by atoms with E-state index >= 15 is 0 Å². The Bertz CT molecular complexity index is 1020. The number of fused-ring (bicyclic) bond motifs is 1. The average molecular weight is 518 g/mol. The van der Waals surface area contributed by atoms with Crippen molar-refractivity contribution in [3.63, 3.8) is 0 Å². The number of likely N-dealkylation sites (tertiary alicyclic amines) is 2. The maximum Gasteiger partial charge on any atom is 0.308 e. The van der Waals surface area contributed by atoms with E-state index < -0.39 is 23.8 Å². The van der Waals surface area contributed by atoms with Crippen LogP contribution in [0.2, 0.25) is 0 Å². The lowest BCUT2D eigenvalue weighted by Crippen LogP contribution is -2.45. The van der Waals surface area contributed by atoms with Crippen molar-refractivity contribution in [2.24, 2.45) is 5.92 Å². The largest absolute Gasteiger partial charge is 0.481 e. The van der Waals surface area contributed by atoms with Gasteiger partial charge in [0.2, 0.25) is 18.6 Å². The minimum atomic E-state index is -0.991. The summed E-state index contributed by atoms with van der Waals surface area (Å²) in [6, 6.07) is 4.83. The lowest BCUT2D eigenvalue weighted by molar-refractivity contribution is -0.188. The number of nitrogens with zero attached hydrogens (tertiary/aromatic N) is 3. The van der Waals surface area contributed by atoms with Crippen LogP contribution in [0, 0.1) is 5.92 Å². The molecule has 3 atom stereocenters. The fourth-order valence-corrected chi connectivity index (χ4v) is 5.39. The molecule has 37 heavy (non-hydrogen) atoms. The number of ether oxygens (including phenoxy) is 2. The summed E-state index contributed by atoms with van der Waals surface area (Å²) >= 11 is 0. The molecule has 11 heteroatoms. The third-order valence-electron chi connectivity index (χ3n) is 7.16. The van der Waals surface area contributed by atoms with E-state index in [0.717, 1.165) is 18.4 Å². The molecule has 3 aliphatic heterocycles. The maximum atomic E-state index is 13.2. The molecule has 2 saturated heterocycles. The summed E-state index contributed by atoms with van der Waals surface area (Å²) in [4.78, 5) is 59.0. The first-order valence-corrected chi connectivity index (χ1v) is 13.0. The summed E-state index contributed by atoms with van der Waals surface area (Å²) in [5.41, 5.74) is 0.776. The quantitative estimate of drug-likeness (QED) is 0.327. The fourth-order valence-electron chi connectivity index (χ4n) is 5.39. The van der Waals surface area contributed by atoms with Gasteiger partial charge in [-0.3, -0.25) is 33.8 Å². The molecule has 0 radical (unpaired) electrons. The standard InChI is InChI=1S/C26H35N3O8/c1-3-10-29(37-12-4-2)24(32)15-27-14-18(17-5-6-20-21(13-17)36-16-35-20)25(26(33)34)19(27)9-11-28-22(30)7-8-23(28)31/h5-6,13,18-19,25H,3-4,7-12,14-16H2,1-2H3,(H,33,34)/t18-,19+,25-/m1/s1. The summed E-state index contributed by atoms with van der Waals surface area (Å²) < 4.78 is 10.9. The fraction of sp³-hybridized carbons (Fsp3) is 0.615. The topological polar surface area (TPSA) is 126 Å². The number of imide groups is 1. The number of benzene rings is 1. The van der Waals surface area contributed by atoms with Gasteiger partial charge >= 0.3 is 5.97 Å². The average Bonchev–Trinajstić information content (AvgIpc) is 3.57. The molecule has 0 saturated carbocycles. The second kappa shape index (κ2) is 11.9. The van der Waals surface area contributed by atoms with Gasteiger partial charge in [-0.25, -0.2) is 5.06 Å². The molecule has 3 amide bonds. The van der Waals surface area contributed by atoms with Crippen LogP contribution in [0.3, 0.4) is 0 Å². The molecular formula is C26H35N3O8. The van der Waals surface area contributed by atoms with Crippen LogP contribution in [-0.2, 0) is 24.0 Å². The Balaban J connectivity index is 1.59.